The van der Waals surface area contributed by atoms with Crippen molar-refractivity contribution in [1.29, 1.82) is 0 Å². The highest BCUT2D eigenvalue weighted by atomic mass is 79.9. The van der Waals surface area contributed by atoms with Crippen LogP contribution in [0.2, 0.25) is 0 Å². The number of alkyl halides is 1. The lowest BCUT2D eigenvalue weighted by molar-refractivity contribution is 0.0924. The molecule has 1 rings (SSSR count). The zero-order valence-corrected chi connectivity index (χ0v) is 10.3. The lowest BCUT2D eigenvalue weighted by atomic mass is 10.2. The average Bonchev–Trinajstić information content (AvgIpc) is 2.64. The molecular weight excluding hydrogens is 260 g/mol. The third-order valence-corrected chi connectivity index (χ3v) is 2.61. The zero-order valence-electron chi connectivity index (χ0n) is 8.75. The number of oxazole rings is 1. The molecule has 1 heterocycles. The summed E-state index contributed by atoms with van der Waals surface area (Å²) >= 11 is 3.36. The molecule has 1 aromatic heterocycles. The largest absolute Gasteiger partial charge is 0.438 e. The van der Waals surface area contributed by atoms with E-state index in [-0.39, 0.29) is 5.91 Å². The van der Waals surface area contributed by atoms with E-state index in [9.17, 15) is 4.79 Å². The Morgan fingerprint density at radius 2 is 2.33 bits per heavy atom. The number of nitrogens with zero attached hydrogens (tertiary/aromatic N) is 1. The number of amides is 1. The molecule has 0 aromatic carbocycles. The minimum absolute atomic E-state index is 0.177. The van der Waals surface area contributed by atoms with E-state index in [1.165, 1.54) is 6.39 Å². The molecule has 1 amide bonds. The number of halogens is 1. The second kappa shape index (κ2) is 6.61. The maximum absolute atomic E-state index is 11.5. The van der Waals surface area contributed by atoms with E-state index >= 15 is 0 Å². The molecule has 0 saturated carbocycles. The minimum atomic E-state index is -0.177. The lowest BCUT2D eigenvalue weighted by Gasteiger charge is -2.02. The van der Waals surface area contributed by atoms with Gasteiger partial charge in [0.2, 0.25) is 5.76 Å². The Morgan fingerprint density at radius 3 is 2.93 bits per heavy atom. The van der Waals surface area contributed by atoms with Gasteiger partial charge in [-0.1, -0.05) is 22.4 Å². The highest BCUT2D eigenvalue weighted by Gasteiger charge is 2.12. The molecule has 4 nitrogen and oxygen atoms in total. The first-order valence-corrected chi connectivity index (χ1v) is 6.12. The molecule has 0 atom stereocenters. The zero-order chi connectivity index (χ0) is 11.1. The summed E-state index contributed by atoms with van der Waals surface area (Å²) in [5, 5.41) is 3.81. The minimum Gasteiger partial charge on any atom is -0.438 e. The normalized spacial score (nSPS) is 10.3. The Labute approximate surface area is 97.6 Å². The molecule has 1 N–H and O–H groups in total. The number of rotatable bonds is 6. The van der Waals surface area contributed by atoms with Crippen molar-refractivity contribution in [1.82, 2.24) is 10.3 Å². The molecule has 0 aliphatic carbocycles. The Balaban J connectivity index is 2.22. The summed E-state index contributed by atoms with van der Waals surface area (Å²) < 4.78 is 4.97. The molecule has 0 aliphatic heterocycles. The highest BCUT2D eigenvalue weighted by Crippen LogP contribution is 2.04. The molecule has 0 radical (unpaired) electrons. The van der Waals surface area contributed by atoms with Crippen molar-refractivity contribution in [3.63, 3.8) is 0 Å². The van der Waals surface area contributed by atoms with Gasteiger partial charge in [0.25, 0.3) is 5.91 Å². The first-order chi connectivity index (χ1) is 7.25. The molecule has 0 saturated heterocycles. The van der Waals surface area contributed by atoms with Crippen LogP contribution >= 0.6 is 15.9 Å². The summed E-state index contributed by atoms with van der Waals surface area (Å²) in [6.07, 6.45) is 4.53. The van der Waals surface area contributed by atoms with Gasteiger partial charge in [0.1, 0.15) is 0 Å². The summed E-state index contributed by atoms with van der Waals surface area (Å²) in [7, 11) is 0. The Kier molecular flexibility index (Phi) is 5.39. The van der Waals surface area contributed by atoms with Crippen LogP contribution in [0.3, 0.4) is 0 Å². The first kappa shape index (κ1) is 12.2. The number of nitrogens with one attached hydrogen (secondary N) is 1. The van der Waals surface area contributed by atoms with Gasteiger partial charge >= 0.3 is 0 Å². The van der Waals surface area contributed by atoms with E-state index in [1.807, 2.05) is 0 Å². The highest BCUT2D eigenvalue weighted by molar-refractivity contribution is 9.09. The Morgan fingerprint density at radius 1 is 1.53 bits per heavy atom. The summed E-state index contributed by atoms with van der Waals surface area (Å²) in [6, 6.07) is 0. The van der Waals surface area contributed by atoms with Crippen molar-refractivity contribution >= 4 is 21.8 Å². The van der Waals surface area contributed by atoms with E-state index in [0.717, 1.165) is 24.6 Å². The fraction of sp³-hybridized carbons (Fsp3) is 0.600. The molecule has 1 aromatic rings. The molecule has 84 valence electrons. The lowest BCUT2D eigenvalue weighted by Crippen LogP contribution is -2.24. The van der Waals surface area contributed by atoms with Crippen LogP contribution in [0.25, 0.3) is 0 Å². The van der Waals surface area contributed by atoms with E-state index in [1.54, 1.807) is 6.92 Å². The second-order valence-corrected chi connectivity index (χ2v) is 4.07. The number of hydrogen-bond acceptors (Lipinski definition) is 3. The number of hydrogen-bond donors (Lipinski definition) is 1. The summed E-state index contributed by atoms with van der Waals surface area (Å²) in [6.45, 7) is 2.44. The standard InChI is InChI=1S/C10H15BrN2O2/c1-8-9(15-7-13-8)10(14)12-6-4-2-3-5-11/h7H,2-6H2,1H3,(H,12,14). The molecule has 0 bridgehead atoms. The number of aryl methyl sites for hydroxylation is 1. The summed E-state index contributed by atoms with van der Waals surface area (Å²) in [4.78, 5) is 15.4. The van der Waals surface area contributed by atoms with E-state index in [0.29, 0.717) is 18.0 Å². The maximum Gasteiger partial charge on any atom is 0.288 e. The molecule has 0 spiro atoms. The van der Waals surface area contributed by atoms with Gasteiger partial charge in [-0.15, -0.1) is 0 Å². The van der Waals surface area contributed by atoms with E-state index in [4.69, 9.17) is 4.42 Å². The van der Waals surface area contributed by atoms with Crippen LogP contribution in [0, 0.1) is 6.92 Å². The van der Waals surface area contributed by atoms with Gasteiger partial charge in [0, 0.05) is 11.9 Å². The monoisotopic (exact) mass is 274 g/mol. The van der Waals surface area contributed by atoms with Crippen molar-refractivity contribution in [3.8, 4) is 0 Å². The van der Waals surface area contributed by atoms with Crippen LogP contribution in [0.1, 0.15) is 35.5 Å². The van der Waals surface area contributed by atoms with E-state index < -0.39 is 0 Å². The van der Waals surface area contributed by atoms with Gasteiger partial charge in [-0.25, -0.2) is 4.98 Å². The second-order valence-electron chi connectivity index (χ2n) is 3.27. The summed E-state index contributed by atoms with van der Waals surface area (Å²) in [5.74, 6) is 0.138. The summed E-state index contributed by atoms with van der Waals surface area (Å²) in [5.41, 5.74) is 0.632. The van der Waals surface area contributed by atoms with Crippen LogP contribution in [0.4, 0.5) is 0 Å². The van der Waals surface area contributed by atoms with Crippen LogP contribution in [0.5, 0.6) is 0 Å². The molecule has 0 fully saturated rings. The van der Waals surface area contributed by atoms with E-state index in [2.05, 4.69) is 26.2 Å². The Bertz CT molecular complexity index is 312. The van der Waals surface area contributed by atoms with Crippen molar-refractivity contribution in [3.05, 3.63) is 17.8 Å². The molecule has 15 heavy (non-hydrogen) atoms. The van der Waals surface area contributed by atoms with Crippen molar-refractivity contribution < 1.29 is 9.21 Å². The quantitative estimate of drug-likeness (QED) is 0.640. The van der Waals surface area contributed by atoms with Crippen molar-refractivity contribution in [2.45, 2.75) is 26.2 Å². The Hall–Kier alpha value is -0.840. The van der Waals surface area contributed by atoms with Crippen molar-refractivity contribution in [2.24, 2.45) is 0 Å². The molecular formula is C10H15BrN2O2. The fourth-order valence-corrected chi connectivity index (χ4v) is 1.59. The average molecular weight is 275 g/mol. The first-order valence-electron chi connectivity index (χ1n) is 5.00. The number of carbonyl (C=O) groups excluding carboxylic acids is 1. The van der Waals surface area contributed by atoms with Crippen LogP contribution in [-0.4, -0.2) is 22.8 Å². The fourth-order valence-electron chi connectivity index (χ4n) is 1.20. The van der Waals surface area contributed by atoms with Gasteiger partial charge in [0.15, 0.2) is 6.39 Å². The van der Waals surface area contributed by atoms with Gasteiger partial charge in [0.05, 0.1) is 5.69 Å². The third-order valence-electron chi connectivity index (χ3n) is 2.05. The van der Waals surface area contributed by atoms with Crippen LogP contribution < -0.4 is 5.32 Å². The molecule has 5 heteroatoms. The maximum atomic E-state index is 11.5. The molecule has 0 unspecified atom stereocenters. The SMILES string of the molecule is Cc1ncoc1C(=O)NCCCCCBr. The smallest absolute Gasteiger partial charge is 0.288 e. The topological polar surface area (TPSA) is 55.1 Å². The van der Waals surface area contributed by atoms with Gasteiger partial charge < -0.3 is 9.73 Å². The third kappa shape index (κ3) is 4.03. The number of carbonyl (C=O) groups is 1. The van der Waals surface area contributed by atoms with Gasteiger partial charge in [-0.3, -0.25) is 4.79 Å². The van der Waals surface area contributed by atoms with Crippen molar-refractivity contribution in [2.75, 3.05) is 11.9 Å². The van der Waals surface area contributed by atoms with Gasteiger partial charge in [-0.2, -0.15) is 0 Å². The number of aromatic nitrogens is 1. The predicted octanol–water partition coefficient (Wildman–Crippen LogP) is 2.28. The van der Waals surface area contributed by atoms with Gasteiger partial charge in [-0.05, 0) is 19.8 Å². The molecule has 0 aliphatic rings. The van der Waals surface area contributed by atoms with Crippen LogP contribution in [0.15, 0.2) is 10.8 Å². The number of unbranched alkanes of at least 4 members (excludes halogenated alkanes) is 2. The predicted molar refractivity (Wildman–Crippen MR) is 61.2 cm³/mol. The van der Waals surface area contributed by atoms with Crippen LogP contribution in [-0.2, 0) is 0 Å².